The molecule has 2 aromatic carbocycles. The molecular formula is C21H22ClN3O3. The molecule has 2 aromatic rings. The number of primary amides is 1. The summed E-state index contributed by atoms with van der Waals surface area (Å²) in [6.45, 7) is 5.68. The fourth-order valence-electron chi connectivity index (χ4n) is 2.82. The zero-order valence-corrected chi connectivity index (χ0v) is 16.7. The van der Waals surface area contributed by atoms with Crippen LogP contribution in [0.3, 0.4) is 0 Å². The molecule has 146 valence electrons. The standard InChI is InChI=1S/C21H22ClN3O3/c1-21(2,3)18(13-28-20(24)27)25(16-7-5-4-6-8-16)19(26)17-11-15(22)10-9-14(17)12-23/h4-11,18H,13H2,1-3H3,(H2,24,27). The lowest BCUT2D eigenvalue weighted by molar-refractivity contribution is 0.0887. The Labute approximate surface area is 169 Å². The Morgan fingerprint density at radius 3 is 2.39 bits per heavy atom. The maximum Gasteiger partial charge on any atom is 0.404 e. The summed E-state index contributed by atoms with van der Waals surface area (Å²) in [4.78, 5) is 26.3. The summed E-state index contributed by atoms with van der Waals surface area (Å²) in [6.07, 6.45) is -0.921. The molecule has 0 radical (unpaired) electrons. The number of anilines is 1. The van der Waals surface area contributed by atoms with Crippen LogP contribution < -0.4 is 10.6 Å². The van der Waals surface area contributed by atoms with Gasteiger partial charge in [0.25, 0.3) is 5.91 Å². The average molecular weight is 400 g/mol. The van der Waals surface area contributed by atoms with Crippen LogP contribution in [0.2, 0.25) is 5.02 Å². The van der Waals surface area contributed by atoms with E-state index < -0.39 is 23.5 Å². The van der Waals surface area contributed by atoms with Crippen LogP contribution in [-0.4, -0.2) is 24.6 Å². The van der Waals surface area contributed by atoms with Crippen molar-refractivity contribution in [2.45, 2.75) is 26.8 Å². The quantitative estimate of drug-likeness (QED) is 0.807. The van der Waals surface area contributed by atoms with Crippen LogP contribution in [0.1, 0.15) is 36.7 Å². The molecule has 0 heterocycles. The molecule has 2 amide bonds. The van der Waals surface area contributed by atoms with Crippen molar-refractivity contribution < 1.29 is 14.3 Å². The minimum absolute atomic E-state index is 0.0953. The molecule has 0 aromatic heterocycles. The van der Waals surface area contributed by atoms with Crippen molar-refractivity contribution in [2.24, 2.45) is 11.1 Å². The molecule has 0 aliphatic rings. The molecule has 2 rings (SSSR count). The molecular weight excluding hydrogens is 378 g/mol. The first-order chi connectivity index (χ1) is 13.1. The molecule has 1 unspecified atom stereocenters. The van der Waals surface area contributed by atoms with E-state index >= 15 is 0 Å². The number of nitriles is 1. The minimum Gasteiger partial charge on any atom is -0.447 e. The SMILES string of the molecule is CC(C)(C)C(COC(N)=O)N(C(=O)c1cc(Cl)ccc1C#N)c1ccccc1. The summed E-state index contributed by atoms with van der Waals surface area (Å²) >= 11 is 6.07. The van der Waals surface area contributed by atoms with Crippen molar-refractivity contribution >= 4 is 29.3 Å². The molecule has 0 spiro atoms. The second-order valence-corrected chi connectivity index (χ2v) is 7.76. The third kappa shape index (κ3) is 5.02. The Morgan fingerprint density at radius 1 is 1.21 bits per heavy atom. The van der Waals surface area contributed by atoms with E-state index in [-0.39, 0.29) is 17.7 Å². The highest BCUT2D eigenvalue weighted by molar-refractivity contribution is 6.31. The molecule has 0 fully saturated rings. The van der Waals surface area contributed by atoms with E-state index in [0.717, 1.165) is 0 Å². The van der Waals surface area contributed by atoms with Crippen LogP contribution in [0.25, 0.3) is 0 Å². The van der Waals surface area contributed by atoms with Crippen molar-refractivity contribution in [3.63, 3.8) is 0 Å². The molecule has 0 saturated heterocycles. The third-order valence-electron chi connectivity index (χ3n) is 4.28. The van der Waals surface area contributed by atoms with E-state index in [0.29, 0.717) is 10.7 Å². The maximum atomic E-state index is 13.6. The van der Waals surface area contributed by atoms with Gasteiger partial charge in [-0.3, -0.25) is 4.79 Å². The molecule has 7 heteroatoms. The van der Waals surface area contributed by atoms with Gasteiger partial charge in [-0.25, -0.2) is 4.79 Å². The second-order valence-electron chi connectivity index (χ2n) is 7.32. The van der Waals surface area contributed by atoms with E-state index in [9.17, 15) is 14.9 Å². The van der Waals surface area contributed by atoms with Crippen molar-refractivity contribution in [3.8, 4) is 6.07 Å². The molecule has 6 nitrogen and oxygen atoms in total. The van der Waals surface area contributed by atoms with Gasteiger partial charge in [-0.15, -0.1) is 0 Å². The number of nitrogens with zero attached hydrogens (tertiary/aromatic N) is 2. The van der Waals surface area contributed by atoms with E-state index in [1.807, 2.05) is 32.9 Å². The normalized spacial score (nSPS) is 12.0. The highest BCUT2D eigenvalue weighted by Gasteiger charge is 2.36. The zero-order chi connectivity index (χ0) is 20.9. The van der Waals surface area contributed by atoms with Gasteiger partial charge < -0.3 is 15.4 Å². The maximum absolute atomic E-state index is 13.6. The predicted molar refractivity (Wildman–Crippen MR) is 108 cm³/mol. The minimum atomic E-state index is -0.921. The van der Waals surface area contributed by atoms with E-state index in [2.05, 4.69) is 0 Å². The summed E-state index contributed by atoms with van der Waals surface area (Å²) in [5.41, 5.74) is 5.67. The lowest BCUT2D eigenvalue weighted by Crippen LogP contribution is -2.51. The molecule has 0 bridgehead atoms. The summed E-state index contributed by atoms with van der Waals surface area (Å²) in [6, 6.07) is 15.0. The third-order valence-corrected chi connectivity index (χ3v) is 4.52. The van der Waals surface area contributed by atoms with Crippen molar-refractivity contribution in [1.29, 1.82) is 5.26 Å². The zero-order valence-electron chi connectivity index (χ0n) is 16.0. The number of hydrogen-bond donors (Lipinski definition) is 1. The van der Waals surface area contributed by atoms with Crippen LogP contribution in [0, 0.1) is 16.7 Å². The molecule has 28 heavy (non-hydrogen) atoms. The lowest BCUT2D eigenvalue weighted by atomic mass is 9.85. The van der Waals surface area contributed by atoms with Gasteiger partial charge in [-0.2, -0.15) is 5.26 Å². The Kier molecular flexibility index (Phi) is 6.66. The van der Waals surface area contributed by atoms with Crippen molar-refractivity contribution in [2.75, 3.05) is 11.5 Å². The number of amides is 2. The fraction of sp³-hybridized carbons (Fsp3) is 0.286. The van der Waals surface area contributed by atoms with Gasteiger partial charge in [-0.1, -0.05) is 50.6 Å². The van der Waals surface area contributed by atoms with Gasteiger partial charge in [0, 0.05) is 10.7 Å². The summed E-state index contributed by atoms with van der Waals surface area (Å²) < 4.78 is 5.05. The van der Waals surface area contributed by atoms with Gasteiger partial charge in [-0.05, 0) is 35.7 Å². The Hall–Kier alpha value is -3.04. The van der Waals surface area contributed by atoms with E-state index in [4.69, 9.17) is 22.1 Å². The fourth-order valence-corrected chi connectivity index (χ4v) is 2.99. The number of nitrogens with two attached hydrogens (primary N) is 1. The highest BCUT2D eigenvalue weighted by Crippen LogP contribution is 2.31. The van der Waals surface area contributed by atoms with Crippen molar-refractivity contribution in [1.82, 2.24) is 0 Å². The van der Waals surface area contributed by atoms with E-state index in [1.165, 1.54) is 17.0 Å². The van der Waals surface area contributed by atoms with Crippen molar-refractivity contribution in [3.05, 3.63) is 64.7 Å². The Morgan fingerprint density at radius 2 is 1.86 bits per heavy atom. The average Bonchev–Trinajstić information content (AvgIpc) is 2.64. The van der Waals surface area contributed by atoms with Crippen LogP contribution in [0.4, 0.5) is 10.5 Å². The highest BCUT2D eigenvalue weighted by atomic mass is 35.5. The van der Waals surface area contributed by atoms with Gasteiger partial charge in [0.1, 0.15) is 6.61 Å². The van der Waals surface area contributed by atoms with Gasteiger partial charge in [0.2, 0.25) is 0 Å². The number of carbonyl (C=O) groups excluding carboxylic acids is 2. The summed E-state index contributed by atoms with van der Waals surface area (Å²) in [7, 11) is 0. The summed E-state index contributed by atoms with van der Waals surface area (Å²) in [5.74, 6) is -0.418. The number of benzene rings is 2. The number of carbonyl (C=O) groups is 2. The van der Waals surface area contributed by atoms with E-state index in [1.54, 1.807) is 30.3 Å². The number of ether oxygens (including phenoxy) is 1. The smallest absolute Gasteiger partial charge is 0.404 e. The molecule has 2 N–H and O–H groups in total. The van der Waals surface area contributed by atoms with Gasteiger partial charge in [0.15, 0.2) is 0 Å². The monoisotopic (exact) mass is 399 g/mol. The number of hydrogen-bond acceptors (Lipinski definition) is 4. The number of para-hydroxylation sites is 1. The topological polar surface area (TPSA) is 96.4 Å². The first-order valence-corrected chi connectivity index (χ1v) is 9.03. The summed E-state index contributed by atoms with van der Waals surface area (Å²) in [5, 5.41) is 9.78. The molecule has 0 aliphatic heterocycles. The first-order valence-electron chi connectivity index (χ1n) is 8.65. The van der Waals surface area contributed by atoms with Crippen LogP contribution in [-0.2, 0) is 4.74 Å². The first kappa shape index (κ1) is 21.3. The second kappa shape index (κ2) is 8.77. The lowest BCUT2D eigenvalue weighted by Gasteiger charge is -2.39. The largest absolute Gasteiger partial charge is 0.447 e. The van der Waals surface area contributed by atoms with Crippen LogP contribution >= 0.6 is 11.6 Å². The number of halogens is 1. The van der Waals surface area contributed by atoms with Gasteiger partial charge in [0.05, 0.1) is 23.2 Å². The predicted octanol–water partition coefficient (Wildman–Crippen LogP) is 4.37. The van der Waals surface area contributed by atoms with Crippen LogP contribution in [0.15, 0.2) is 48.5 Å². The Balaban J connectivity index is 2.62. The van der Waals surface area contributed by atoms with Crippen LogP contribution in [0.5, 0.6) is 0 Å². The Bertz CT molecular complexity index is 901. The molecule has 0 saturated carbocycles. The molecule has 1 atom stereocenters. The number of rotatable bonds is 5. The molecule has 0 aliphatic carbocycles. The van der Waals surface area contributed by atoms with Gasteiger partial charge >= 0.3 is 6.09 Å².